The molecule has 0 aliphatic carbocycles. The average molecular weight is 473 g/mol. The number of carbonyl (C=O) groups excluding carboxylic acids is 3. The van der Waals surface area contributed by atoms with Gasteiger partial charge in [0.2, 0.25) is 5.91 Å². The summed E-state index contributed by atoms with van der Waals surface area (Å²) in [6.07, 6.45) is 7.39. The van der Waals surface area contributed by atoms with E-state index in [1.165, 1.54) is 4.90 Å². The minimum atomic E-state index is -1.29. The van der Waals surface area contributed by atoms with Crippen LogP contribution in [0.25, 0.3) is 0 Å². The molecule has 1 N–H and O–H groups in total. The zero-order chi connectivity index (χ0) is 23.2. The molecule has 4 aliphatic heterocycles. The predicted molar refractivity (Wildman–Crippen MR) is 119 cm³/mol. The molecule has 1 unspecified atom stereocenters. The molecule has 1 aromatic carbocycles. The maximum Gasteiger partial charge on any atom is 0.313 e. The molecule has 2 fully saturated rings. The quantitative estimate of drug-likeness (QED) is 0.398. The van der Waals surface area contributed by atoms with Crippen LogP contribution in [0.2, 0.25) is 5.02 Å². The Kier molecular flexibility index (Phi) is 5.76. The predicted octanol–water partition coefficient (Wildman–Crippen LogP) is 1.71. The number of ether oxygens (including phenoxy) is 2. The van der Waals surface area contributed by atoms with Gasteiger partial charge in [-0.1, -0.05) is 42.0 Å². The number of benzene rings is 1. The van der Waals surface area contributed by atoms with Crippen LogP contribution in [-0.4, -0.2) is 71.8 Å². The SMILES string of the molecule is O=C1OCC=C[C@@H]2O[C@]34C=CCN(c5ccccc5Cl)C(=O)C3N(CCCCO)C(=O)[C@@H]4[C@H]12. The maximum absolute atomic E-state index is 14.0. The van der Waals surface area contributed by atoms with Crippen LogP contribution in [0.3, 0.4) is 0 Å². The second kappa shape index (κ2) is 8.59. The van der Waals surface area contributed by atoms with Crippen molar-refractivity contribution in [2.24, 2.45) is 11.8 Å². The molecular weight excluding hydrogens is 448 g/mol. The molecule has 1 aromatic rings. The molecule has 4 heterocycles. The van der Waals surface area contributed by atoms with Gasteiger partial charge in [0.25, 0.3) is 5.91 Å². The number of esters is 1. The third-order valence-corrected chi connectivity index (χ3v) is 7.18. The van der Waals surface area contributed by atoms with Gasteiger partial charge in [-0.3, -0.25) is 14.4 Å². The summed E-state index contributed by atoms with van der Waals surface area (Å²) in [5.74, 6) is -2.82. The van der Waals surface area contributed by atoms with Crippen molar-refractivity contribution in [1.82, 2.24) is 4.90 Å². The Balaban J connectivity index is 1.60. The highest BCUT2D eigenvalue weighted by molar-refractivity contribution is 6.34. The Bertz CT molecular complexity index is 1040. The number of fused-ring (bicyclic) bond motifs is 2. The number of nitrogens with zero attached hydrogens (tertiary/aromatic N) is 2. The summed E-state index contributed by atoms with van der Waals surface area (Å²) >= 11 is 6.40. The number of aliphatic hydroxyl groups excluding tert-OH is 1. The zero-order valence-electron chi connectivity index (χ0n) is 17.9. The molecule has 9 heteroatoms. The van der Waals surface area contributed by atoms with Crippen LogP contribution in [0.5, 0.6) is 0 Å². The Morgan fingerprint density at radius 2 is 1.94 bits per heavy atom. The number of cyclic esters (lactones) is 1. The monoisotopic (exact) mass is 472 g/mol. The van der Waals surface area contributed by atoms with Crippen molar-refractivity contribution in [3.05, 3.63) is 53.6 Å². The number of unbranched alkanes of at least 4 members (excludes halogenated alkanes) is 1. The first-order chi connectivity index (χ1) is 16.0. The van der Waals surface area contributed by atoms with Crippen molar-refractivity contribution in [3.8, 4) is 0 Å². The van der Waals surface area contributed by atoms with Crippen LogP contribution < -0.4 is 4.90 Å². The Hall–Kier alpha value is -2.68. The van der Waals surface area contributed by atoms with E-state index in [-0.39, 0.29) is 38.1 Å². The average Bonchev–Trinajstić information content (AvgIpc) is 3.09. The van der Waals surface area contributed by atoms with Crippen molar-refractivity contribution in [1.29, 1.82) is 0 Å². The van der Waals surface area contributed by atoms with Gasteiger partial charge >= 0.3 is 5.97 Å². The van der Waals surface area contributed by atoms with Gasteiger partial charge in [0.05, 0.1) is 22.7 Å². The highest BCUT2D eigenvalue weighted by Gasteiger charge is 2.71. The van der Waals surface area contributed by atoms with E-state index >= 15 is 0 Å². The van der Waals surface area contributed by atoms with E-state index in [9.17, 15) is 19.5 Å². The fourth-order valence-corrected chi connectivity index (χ4v) is 5.73. The second-order valence-corrected chi connectivity index (χ2v) is 9.07. The molecule has 0 bridgehead atoms. The van der Waals surface area contributed by atoms with Gasteiger partial charge in [0, 0.05) is 19.7 Å². The van der Waals surface area contributed by atoms with E-state index in [1.807, 2.05) is 0 Å². The van der Waals surface area contributed by atoms with Gasteiger partial charge in [-0.25, -0.2) is 0 Å². The van der Waals surface area contributed by atoms with Crippen molar-refractivity contribution >= 4 is 35.1 Å². The van der Waals surface area contributed by atoms with Crippen LogP contribution in [-0.2, 0) is 23.9 Å². The molecule has 5 rings (SSSR count). The van der Waals surface area contributed by atoms with E-state index in [4.69, 9.17) is 21.1 Å². The van der Waals surface area contributed by atoms with E-state index in [0.717, 1.165) is 0 Å². The molecule has 0 radical (unpaired) electrons. The van der Waals surface area contributed by atoms with Gasteiger partial charge in [0.1, 0.15) is 24.2 Å². The molecule has 5 atom stereocenters. The minimum absolute atomic E-state index is 0.0147. The number of aliphatic hydroxyl groups is 1. The fraction of sp³-hybridized carbons (Fsp3) is 0.458. The van der Waals surface area contributed by atoms with Crippen LogP contribution in [0, 0.1) is 11.8 Å². The number of likely N-dealkylation sites (tertiary alicyclic amines) is 1. The third-order valence-electron chi connectivity index (χ3n) is 6.86. The number of halogens is 1. The first-order valence-electron chi connectivity index (χ1n) is 11.2. The number of carbonyl (C=O) groups is 3. The van der Waals surface area contributed by atoms with Crippen LogP contribution in [0.1, 0.15) is 12.8 Å². The molecule has 33 heavy (non-hydrogen) atoms. The molecule has 4 aliphatic rings. The summed E-state index contributed by atoms with van der Waals surface area (Å²) in [4.78, 5) is 43.7. The zero-order valence-corrected chi connectivity index (χ0v) is 18.7. The standard InChI is InChI=1S/C24H25ClN2O6/c25-15-7-1-2-8-16(15)26-12-6-10-24-19(18-17(33-24)9-5-14-32-23(18)31)21(29)27(11-3-4-13-28)20(24)22(26)30/h1-2,5-10,17-20,28H,3-4,11-14H2/t17-,18+,19-,20?,24-/m0/s1. The first-order valence-corrected chi connectivity index (χ1v) is 11.5. The summed E-state index contributed by atoms with van der Waals surface area (Å²) in [6.45, 7) is 0.635. The number of hydrogen-bond donors (Lipinski definition) is 1. The highest BCUT2D eigenvalue weighted by Crippen LogP contribution is 2.53. The van der Waals surface area contributed by atoms with Gasteiger partial charge in [-0.15, -0.1) is 0 Å². The molecule has 0 aromatic heterocycles. The summed E-state index contributed by atoms with van der Waals surface area (Å²) in [5, 5.41) is 9.66. The van der Waals surface area contributed by atoms with E-state index < -0.39 is 35.6 Å². The number of rotatable bonds is 5. The Morgan fingerprint density at radius 1 is 1.12 bits per heavy atom. The number of para-hydroxylation sites is 1. The number of hydrogen-bond acceptors (Lipinski definition) is 6. The smallest absolute Gasteiger partial charge is 0.313 e. The Morgan fingerprint density at radius 3 is 2.73 bits per heavy atom. The summed E-state index contributed by atoms with van der Waals surface area (Å²) in [7, 11) is 0. The largest absolute Gasteiger partial charge is 0.461 e. The second-order valence-electron chi connectivity index (χ2n) is 8.67. The minimum Gasteiger partial charge on any atom is -0.461 e. The lowest BCUT2D eigenvalue weighted by molar-refractivity contribution is -0.152. The number of amides is 2. The van der Waals surface area contributed by atoms with Gasteiger partial charge in [-0.2, -0.15) is 0 Å². The third kappa shape index (κ3) is 3.39. The summed E-state index contributed by atoms with van der Waals surface area (Å²) in [5.41, 5.74) is -0.747. The lowest BCUT2D eigenvalue weighted by Crippen LogP contribution is -2.55. The van der Waals surface area contributed by atoms with Crippen molar-refractivity contribution in [2.75, 3.05) is 31.2 Å². The summed E-state index contributed by atoms with van der Waals surface area (Å²) < 4.78 is 11.7. The molecule has 2 saturated heterocycles. The van der Waals surface area contributed by atoms with E-state index in [2.05, 4.69) is 0 Å². The van der Waals surface area contributed by atoms with Gasteiger partial charge < -0.3 is 24.4 Å². The topological polar surface area (TPSA) is 96.4 Å². The van der Waals surface area contributed by atoms with Gasteiger partial charge in [0.15, 0.2) is 0 Å². The highest BCUT2D eigenvalue weighted by atomic mass is 35.5. The molecular formula is C24H25ClN2O6. The van der Waals surface area contributed by atoms with E-state index in [1.54, 1.807) is 53.5 Å². The van der Waals surface area contributed by atoms with Crippen LogP contribution in [0.4, 0.5) is 5.69 Å². The molecule has 0 saturated carbocycles. The molecule has 1 spiro atoms. The van der Waals surface area contributed by atoms with Crippen LogP contribution >= 0.6 is 11.6 Å². The lowest BCUT2D eigenvalue weighted by atomic mass is 9.78. The van der Waals surface area contributed by atoms with E-state index in [0.29, 0.717) is 23.6 Å². The molecule has 174 valence electrons. The Labute approximate surface area is 196 Å². The normalized spacial score (nSPS) is 32.8. The molecule has 8 nitrogen and oxygen atoms in total. The lowest BCUT2D eigenvalue weighted by Gasteiger charge is -2.35. The maximum atomic E-state index is 14.0. The van der Waals surface area contributed by atoms with Gasteiger partial charge in [-0.05, 0) is 31.1 Å². The summed E-state index contributed by atoms with van der Waals surface area (Å²) in [6, 6.07) is 6.09. The van der Waals surface area contributed by atoms with Crippen LogP contribution in [0.15, 0.2) is 48.6 Å². The molecule has 2 amide bonds. The van der Waals surface area contributed by atoms with Crippen molar-refractivity contribution < 1.29 is 29.0 Å². The number of anilines is 1. The van der Waals surface area contributed by atoms with Crippen molar-refractivity contribution in [2.45, 2.75) is 30.6 Å². The fourth-order valence-electron chi connectivity index (χ4n) is 5.49. The van der Waals surface area contributed by atoms with Crippen molar-refractivity contribution in [3.63, 3.8) is 0 Å². The first kappa shape index (κ1) is 22.1.